The average Bonchev–Trinajstić information content (AvgIpc) is 2.34. The summed E-state index contributed by atoms with van der Waals surface area (Å²) >= 11 is 3.44. The summed E-state index contributed by atoms with van der Waals surface area (Å²) in [5, 5.41) is 11.2. The molecule has 1 aromatic carbocycles. The number of benzene rings is 1. The molecule has 1 N–H and O–H groups in total. The third-order valence-corrected chi connectivity index (χ3v) is 3.33. The van der Waals surface area contributed by atoms with E-state index in [1.54, 1.807) is 0 Å². The van der Waals surface area contributed by atoms with Gasteiger partial charge >= 0.3 is 0 Å². The number of hydrogen-bond donors (Lipinski definition) is 1. The molecule has 102 valence electrons. The molecule has 0 spiro atoms. The lowest BCUT2D eigenvalue weighted by molar-refractivity contribution is -0.125. The van der Waals surface area contributed by atoms with Gasteiger partial charge in [-0.05, 0) is 36.5 Å². The van der Waals surface area contributed by atoms with Crippen molar-refractivity contribution in [2.24, 2.45) is 11.8 Å². The third-order valence-electron chi connectivity index (χ3n) is 2.84. The lowest BCUT2D eigenvalue weighted by Crippen LogP contribution is -2.33. The first-order chi connectivity index (χ1) is 9.02. The van der Waals surface area contributed by atoms with Crippen molar-refractivity contribution < 1.29 is 4.79 Å². The maximum Gasteiger partial charge on any atom is 0.224 e. The smallest absolute Gasteiger partial charge is 0.224 e. The van der Waals surface area contributed by atoms with Crippen LogP contribution in [0.1, 0.15) is 25.8 Å². The second kappa shape index (κ2) is 7.96. The van der Waals surface area contributed by atoms with E-state index in [1.165, 1.54) is 0 Å². The van der Waals surface area contributed by atoms with Crippen LogP contribution in [0.25, 0.3) is 0 Å². The number of rotatable bonds is 6. The zero-order valence-corrected chi connectivity index (χ0v) is 12.9. The Hall–Kier alpha value is -1.34. The molecule has 0 heterocycles. The predicted octanol–water partition coefficient (Wildman–Crippen LogP) is 3.29. The van der Waals surface area contributed by atoms with Gasteiger partial charge in [0.15, 0.2) is 0 Å². The third kappa shape index (κ3) is 5.89. The number of nitrogens with one attached hydrogen (secondary N) is 1. The molecule has 0 aliphatic carbocycles. The van der Waals surface area contributed by atoms with E-state index in [2.05, 4.69) is 35.1 Å². The number of carbonyl (C=O) groups is 1. The largest absolute Gasteiger partial charge is 0.343 e. The molecule has 0 aliphatic rings. The van der Waals surface area contributed by atoms with Crippen LogP contribution in [0.15, 0.2) is 28.7 Å². The van der Waals surface area contributed by atoms with E-state index in [0.717, 1.165) is 16.5 Å². The van der Waals surface area contributed by atoms with Crippen LogP contribution in [0.2, 0.25) is 0 Å². The molecule has 0 radical (unpaired) electrons. The molecular weight excluding hydrogens is 304 g/mol. The summed E-state index contributed by atoms with van der Waals surface area (Å²) < 4.78 is 1.02. The highest BCUT2D eigenvalue weighted by Gasteiger charge is 2.20. The van der Waals surface area contributed by atoms with Gasteiger partial charge in [0, 0.05) is 10.4 Å². The van der Waals surface area contributed by atoms with E-state index < -0.39 is 0 Å². The van der Waals surface area contributed by atoms with E-state index in [9.17, 15) is 4.79 Å². The van der Waals surface area contributed by atoms with E-state index in [0.29, 0.717) is 12.3 Å². The van der Waals surface area contributed by atoms with E-state index in [-0.39, 0.29) is 18.4 Å². The van der Waals surface area contributed by atoms with Gasteiger partial charge in [-0.3, -0.25) is 4.79 Å². The summed E-state index contributed by atoms with van der Waals surface area (Å²) in [7, 11) is 0. The van der Waals surface area contributed by atoms with Gasteiger partial charge in [-0.1, -0.05) is 41.9 Å². The molecule has 4 heteroatoms. The summed E-state index contributed by atoms with van der Waals surface area (Å²) in [6.07, 6.45) is 1.53. The molecule has 0 saturated heterocycles. The fourth-order valence-corrected chi connectivity index (χ4v) is 2.52. The van der Waals surface area contributed by atoms with Crippen LogP contribution < -0.4 is 5.32 Å². The number of carbonyl (C=O) groups excluding carboxylic acids is 1. The van der Waals surface area contributed by atoms with Crippen molar-refractivity contribution in [3.8, 4) is 6.07 Å². The molecule has 3 nitrogen and oxygen atoms in total. The second-order valence-electron chi connectivity index (χ2n) is 5.04. The van der Waals surface area contributed by atoms with Gasteiger partial charge in [-0.25, -0.2) is 0 Å². The van der Waals surface area contributed by atoms with E-state index in [1.807, 2.05) is 30.3 Å². The maximum absolute atomic E-state index is 12.1. The van der Waals surface area contributed by atoms with Gasteiger partial charge in [0.05, 0.1) is 6.07 Å². The number of nitriles is 1. The Morgan fingerprint density at radius 2 is 2.21 bits per heavy atom. The van der Waals surface area contributed by atoms with Crippen molar-refractivity contribution in [2.75, 3.05) is 6.54 Å². The molecule has 0 aliphatic heterocycles. The SMILES string of the molecule is CC(C)CC(Cc1cccc(Br)c1)C(=O)NCC#N. The van der Waals surface area contributed by atoms with Crippen molar-refractivity contribution in [1.82, 2.24) is 5.32 Å². The average molecular weight is 323 g/mol. The van der Waals surface area contributed by atoms with Crippen LogP contribution in [0.5, 0.6) is 0 Å². The van der Waals surface area contributed by atoms with Crippen molar-refractivity contribution in [1.29, 1.82) is 5.26 Å². The molecule has 0 fully saturated rings. The molecule has 0 saturated carbocycles. The van der Waals surface area contributed by atoms with Crippen molar-refractivity contribution in [3.05, 3.63) is 34.3 Å². The maximum atomic E-state index is 12.1. The second-order valence-corrected chi connectivity index (χ2v) is 5.95. The molecule has 1 atom stereocenters. The molecular formula is C15H19BrN2O. The lowest BCUT2D eigenvalue weighted by Gasteiger charge is -2.18. The molecule has 1 unspecified atom stereocenters. The standard InChI is InChI=1S/C15H19BrN2O/c1-11(2)8-13(15(19)18-7-6-17)9-12-4-3-5-14(16)10-12/h3-5,10-11,13H,7-9H2,1-2H3,(H,18,19). The highest BCUT2D eigenvalue weighted by molar-refractivity contribution is 9.10. The first-order valence-corrected chi connectivity index (χ1v) is 7.21. The van der Waals surface area contributed by atoms with Crippen LogP contribution in [0.4, 0.5) is 0 Å². The fourth-order valence-electron chi connectivity index (χ4n) is 2.07. The van der Waals surface area contributed by atoms with Crippen LogP contribution >= 0.6 is 15.9 Å². The lowest BCUT2D eigenvalue weighted by atomic mass is 9.90. The van der Waals surface area contributed by atoms with Crippen molar-refractivity contribution >= 4 is 21.8 Å². The molecule has 1 amide bonds. The van der Waals surface area contributed by atoms with Gasteiger partial charge in [0.2, 0.25) is 5.91 Å². The quantitative estimate of drug-likeness (QED) is 0.817. The van der Waals surface area contributed by atoms with Crippen molar-refractivity contribution in [2.45, 2.75) is 26.7 Å². The number of hydrogen-bond acceptors (Lipinski definition) is 2. The van der Waals surface area contributed by atoms with Crippen molar-refractivity contribution in [3.63, 3.8) is 0 Å². The van der Waals surface area contributed by atoms with Gasteiger partial charge in [0.25, 0.3) is 0 Å². The van der Waals surface area contributed by atoms with Crippen LogP contribution in [0.3, 0.4) is 0 Å². The molecule has 1 rings (SSSR count). The minimum absolute atomic E-state index is 0.0322. The topological polar surface area (TPSA) is 52.9 Å². The molecule has 1 aromatic rings. The van der Waals surface area contributed by atoms with Crippen LogP contribution in [0, 0.1) is 23.2 Å². The molecule has 19 heavy (non-hydrogen) atoms. The Bertz CT molecular complexity index is 465. The van der Waals surface area contributed by atoms with Gasteiger partial charge in [-0.15, -0.1) is 0 Å². The van der Waals surface area contributed by atoms with Crippen LogP contribution in [-0.4, -0.2) is 12.5 Å². The fraction of sp³-hybridized carbons (Fsp3) is 0.467. The van der Waals surface area contributed by atoms with Crippen LogP contribution in [-0.2, 0) is 11.2 Å². The normalized spacial score (nSPS) is 11.9. The minimum atomic E-state index is -0.0809. The summed E-state index contributed by atoms with van der Waals surface area (Å²) in [5.41, 5.74) is 1.13. The first kappa shape index (κ1) is 15.7. The summed E-state index contributed by atoms with van der Waals surface area (Å²) in [5.74, 6) is 0.336. The summed E-state index contributed by atoms with van der Waals surface area (Å²) in [6.45, 7) is 4.28. The molecule has 0 aromatic heterocycles. The highest BCUT2D eigenvalue weighted by atomic mass is 79.9. The van der Waals surface area contributed by atoms with Gasteiger partial charge in [0.1, 0.15) is 6.54 Å². The van der Waals surface area contributed by atoms with E-state index >= 15 is 0 Å². The number of nitrogens with zero attached hydrogens (tertiary/aromatic N) is 1. The first-order valence-electron chi connectivity index (χ1n) is 6.42. The Morgan fingerprint density at radius 1 is 1.47 bits per heavy atom. The van der Waals surface area contributed by atoms with Gasteiger partial charge in [-0.2, -0.15) is 5.26 Å². The summed E-state index contributed by atoms with van der Waals surface area (Å²) in [4.78, 5) is 12.1. The highest BCUT2D eigenvalue weighted by Crippen LogP contribution is 2.20. The Kier molecular flexibility index (Phi) is 6.58. The Morgan fingerprint density at radius 3 is 2.79 bits per heavy atom. The monoisotopic (exact) mass is 322 g/mol. The molecule has 0 bridgehead atoms. The zero-order chi connectivity index (χ0) is 14.3. The Balaban J connectivity index is 2.74. The number of halogens is 1. The van der Waals surface area contributed by atoms with E-state index in [4.69, 9.17) is 5.26 Å². The van der Waals surface area contributed by atoms with Gasteiger partial charge < -0.3 is 5.32 Å². The number of amides is 1. The Labute approximate surface area is 123 Å². The minimum Gasteiger partial charge on any atom is -0.343 e. The summed E-state index contributed by atoms with van der Waals surface area (Å²) in [6, 6.07) is 9.94. The predicted molar refractivity (Wildman–Crippen MR) is 79.4 cm³/mol. The zero-order valence-electron chi connectivity index (χ0n) is 11.3.